The Kier molecular flexibility index (Phi) is 12.8. The fraction of sp³-hybridized carbons (Fsp3) is 0.655. The molecule has 0 heterocycles. The number of rotatable bonds is 12. The van der Waals surface area contributed by atoms with E-state index in [1.54, 1.807) is 32.6 Å². The summed E-state index contributed by atoms with van der Waals surface area (Å²) < 4.78 is 10.4. The lowest BCUT2D eigenvalue weighted by molar-refractivity contribution is -0.146. The fourth-order valence-corrected chi connectivity index (χ4v) is 3.89. The zero-order valence-electron chi connectivity index (χ0n) is 24.8. The van der Waals surface area contributed by atoms with Crippen LogP contribution in [0, 0.1) is 19.8 Å². The Morgan fingerprint density at radius 2 is 1.63 bits per heavy atom. The van der Waals surface area contributed by atoms with Gasteiger partial charge in [-0.1, -0.05) is 39.0 Å². The predicted molar refractivity (Wildman–Crippen MR) is 148 cm³/mol. The highest BCUT2D eigenvalue weighted by Gasteiger charge is 2.39. The van der Waals surface area contributed by atoms with E-state index in [4.69, 9.17) is 9.47 Å². The van der Waals surface area contributed by atoms with Crippen LogP contribution < -0.4 is 10.6 Å². The van der Waals surface area contributed by atoms with E-state index in [-0.39, 0.29) is 37.4 Å². The Hall–Kier alpha value is -3.10. The summed E-state index contributed by atoms with van der Waals surface area (Å²) in [5, 5.41) is 5.54. The molecule has 3 atom stereocenters. The maximum atomic E-state index is 14.1. The van der Waals surface area contributed by atoms with Gasteiger partial charge in [0.15, 0.2) is 0 Å². The van der Waals surface area contributed by atoms with Crippen LogP contribution in [0.2, 0.25) is 0 Å². The van der Waals surface area contributed by atoms with Crippen molar-refractivity contribution in [1.82, 2.24) is 15.5 Å². The van der Waals surface area contributed by atoms with E-state index in [1.165, 1.54) is 0 Å². The Bertz CT molecular complexity index is 970. The third-order valence-corrected chi connectivity index (χ3v) is 6.23. The minimum Gasteiger partial charge on any atom is -0.466 e. The summed E-state index contributed by atoms with van der Waals surface area (Å²) in [5.41, 5.74) is 1.96. The van der Waals surface area contributed by atoms with Crippen LogP contribution >= 0.6 is 0 Å². The minimum atomic E-state index is -0.972. The molecule has 2 N–H and O–H groups in total. The van der Waals surface area contributed by atoms with Crippen LogP contribution in [0.1, 0.15) is 91.0 Å². The van der Waals surface area contributed by atoms with E-state index >= 15 is 0 Å². The van der Waals surface area contributed by atoms with E-state index in [0.717, 1.165) is 11.1 Å². The van der Waals surface area contributed by atoms with E-state index in [9.17, 15) is 19.2 Å². The quantitative estimate of drug-likeness (QED) is 0.380. The van der Waals surface area contributed by atoms with Gasteiger partial charge in [0.05, 0.1) is 13.0 Å². The molecule has 0 radical (unpaired) electrons. The van der Waals surface area contributed by atoms with Crippen molar-refractivity contribution in [2.45, 2.75) is 106 Å². The molecule has 0 aliphatic rings. The Morgan fingerprint density at radius 3 is 2.13 bits per heavy atom. The first kappa shape index (κ1) is 32.9. The first-order chi connectivity index (χ1) is 17.6. The summed E-state index contributed by atoms with van der Waals surface area (Å²) in [6.07, 6.45) is -0.0959. The first-order valence-electron chi connectivity index (χ1n) is 13.4. The average Bonchev–Trinajstić information content (AvgIpc) is 2.80. The summed E-state index contributed by atoms with van der Waals surface area (Å²) in [6, 6.07) is 3.44. The molecule has 1 aromatic rings. The third-order valence-electron chi connectivity index (χ3n) is 6.23. The van der Waals surface area contributed by atoms with E-state index in [0.29, 0.717) is 12.0 Å². The molecular weight excluding hydrogens is 486 g/mol. The van der Waals surface area contributed by atoms with Crippen molar-refractivity contribution in [2.75, 3.05) is 13.2 Å². The van der Waals surface area contributed by atoms with Gasteiger partial charge >= 0.3 is 12.1 Å². The smallest absolute Gasteiger partial charge is 0.408 e. The van der Waals surface area contributed by atoms with Gasteiger partial charge in [-0.2, -0.15) is 0 Å². The number of amides is 3. The number of esters is 1. The molecule has 9 nitrogen and oxygen atoms in total. The van der Waals surface area contributed by atoms with Gasteiger partial charge in [-0.25, -0.2) is 4.79 Å². The fourth-order valence-electron chi connectivity index (χ4n) is 3.89. The molecule has 214 valence electrons. The van der Waals surface area contributed by atoms with Gasteiger partial charge in [0.25, 0.3) is 0 Å². The molecule has 0 spiro atoms. The van der Waals surface area contributed by atoms with Crippen LogP contribution in [-0.2, 0) is 23.9 Å². The van der Waals surface area contributed by atoms with Crippen molar-refractivity contribution in [2.24, 2.45) is 5.92 Å². The zero-order chi connectivity index (χ0) is 29.2. The average molecular weight is 534 g/mol. The Balaban J connectivity index is 3.48. The number of aryl methyl sites for hydroxylation is 2. The SMILES string of the molecule is CCOC(=O)CCNC(=O)C(c1ccc(C)c(C)c1)N(C(=O)C(NC(=O)OC(C)(C)C)C(C)C)C(C)CC. The van der Waals surface area contributed by atoms with E-state index in [1.807, 2.05) is 59.7 Å². The van der Waals surface area contributed by atoms with Crippen LogP contribution in [0.15, 0.2) is 18.2 Å². The second-order valence-corrected chi connectivity index (χ2v) is 11.0. The maximum absolute atomic E-state index is 14.1. The molecule has 1 rings (SSSR count). The number of ether oxygens (including phenoxy) is 2. The normalized spacial score (nSPS) is 13.8. The number of alkyl carbamates (subject to hydrolysis) is 1. The standard InChI is InChI=1S/C29H47N3O6/c1-11-21(7)32(27(35)24(18(3)4)31-28(36)38-29(8,9)10)25(22-14-13-19(5)20(6)17-22)26(34)30-16-15-23(33)37-12-2/h13-14,17-18,21,24-25H,11-12,15-16H2,1-10H3,(H,30,34)(H,31,36). The van der Waals surface area contributed by atoms with Gasteiger partial charge in [0, 0.05) is 12.6 Å². The summed E-state index contributed by atoms with van der Waals surface area (Å²) in [6.45, 7) is 18.7. The lowest BCUT2D eigenvalue weighted by Crippen LogP contribution is -2.57. The van der Waals surface area contributed by atoms with Gasteiger partial charge in [0.1, 0.15) is 17.7 Å². The molecule has 0 aliphatic heterocycles. The number of nitrogens with one attached hydrogen (secondary N) is 2. The monoisotopic (exact) mass is 533 g/mol. The number of carbonyl (C=O) groups is 4. The van der Waals surface area contributed by atoms with E-state index < -0.39 is 35.7 Å². The second kappa shape index (κ2) is 14.7. The van der Waals surface area contributed by atoms with Gasteiger partial charge < -0.3 is 25.0 Å². The predicted octanol–water partition coefficient (Wildman–Crippen LogP) is 4.59. The third kappa shape index (κ3) is 9.99. The number of nitrogens with zero attached hydrogens (tertiary/aromatic N) is 1. The molecule has 0 bridgehead atoms. The molecule has 0 aromatic heterocycles. The van der Waals surface area contributed by atoms with Gasteiger partial charge in [-0.15, -0.1) is 0 Å². The number of carbonyl (C=O) groups excluding carboxylic acids is 4. The summed E-state index contributed by atoms with van der Waals surface area (Å²) in [5.74, 6) is -1.48. The molecule has 0 saturated heterocycles. The minimum absolute atomic E-state index is 0.0192. The van der Waals surface area contributed by atoms with Crippen LogP contribution in [-0.4, -0.2) is 59.6 Å². The molecule has 0 fully saturated rings. The number of benzene rings is 1. The molecule has 38 heavy (non-hydrogen) atoms. The lowest BCUT2D eigenvalue weighted by atomic mass is 9.95. The highest BCUT2D eigenvalue weighted by molar-refractivity contribution is 5.92. The van der Waals surface area contributed by atoms with Crippen molar-refractivity contribution >= 4 is 23.9 Å². The Labute approximate surface area is 228 Å². The summed E-state index contributed by atoms with van der Waals surface area (Å²) in [7, 11) is 0. The first-order valence-corrected chi connectivity index (χ1v) is 13.4. The molecule has 3 unspecified atom stereocenters. The van der Waals surface area contributed by atoms with Crippen molar-refractivity contribution in [3.8, 4) is 0 Å². The van der Waals surface area contributed by atoms with Crippen molar-refractivity contribution in [1.29, 1.82) is 0 Å². The second-order valence-electron chi connectivity index (χ2n) is 11.0. The Morgan fingerprint density at radius 1 is 1.00 bits per heavy atom. The summed E-state index contributed by atoms with van der Waals surface area (Å²) >= 11 is 0. The topological polar surface area (TPSA) is 114 Å². The molecule has 9 heteroatoms. The van der Waals surface area contributed by atoms with Crippen LogP contribution in [0.5, 0.6) is 0 Å². The number of hydrogen-bond acceptors (Lipinski definition) is 6. The largest absolute Gasteiger partial charge is 0.466 e. The molecule has 0 aliphatic carbocycles. The van der Waals surface area contributed by atoms with Crippen molar-refractivity contribution in [3.63, 3.8) is 0 Å². The van der Waals surface area contributed by atoms with Gasteiger partial charge in [-0.3, -0.25) is 14.4 Å². The van der Waals surface area contributed by atoms with E-state index in [2.05, 4.69) is 10.6 Å². The van der Waals surface area contributed by atoms with Crippen LogP contribution in [0.25, 0.3) is 0 Å². The van der Waals surface area contributed by atoms with Gasteiger partial charge in [-0.05, 0) is 77.5 Å². The zero-order valence-corrected chi connectivity index (χ0v) is 24.8. The van der Waals surface area contributed by atoms with Gasteiger partial charge in [0.2, 0.25) is 11.8 Å². The lowest BCUT2D eigenvalue weighted by Gasteiger charge is -2.39. The molecular formula is C29H47N3O6. The van der Waals surface area contributed by atoms with Crippen molar-refractivity contribution < 1.29 is 28.7 Å². The maximum Gasteiger partial charge on any atom is 0.408 e. The highest BCUT2D eigenvalue weighted by atomic mass is 16.6. The molecule has 3 amide bonds. The van der Waals surface area contributed by atoms with Crippen LogP contribution in [0.3, 0.4) is 0 Å². The van der Waals surface area contributed by atoms with Crippen LogP contribution in [0.4, 0.5) is 4.79 Å². The molecule has 0 saturated carbocycles. The highest BCUT2D eigenvalue weighted by Crippen LogP contribution is 2.28. The molecule has 1 aromatic carbocycles. The number of hydrogen-bond donors (Lipinski definition) is 2. The van der Waals surface area contributed by atoms with Crippen molar-refractivity contribution in [3.05, 3.63) is 34.9 Å². The summed E-state index contributed by atoms with van der Waals surface area (Å²) in [4.78, 5) is 53.8.